The molecule has 0 aromatic heterocycles. The number of carboxylic acids is 2. The van der Waals surface area contributed by atoms with Gasteiger partial charge in [-0.25, -0.2) is 9.59 Å². The first-order chi connectivity index (χ1) is 12.5. The Morgan fingerprint density at radius 3 is 2.37 bits per heavy atom. The van der Waals surface area contributed by atoms with Crippen molar-refractivity contribution in [1.82, 2.24) is 0 Å². The lowest BCUT2D eigenvalue weighted by molar-refractivity contribution is 0.0651. The van der Waals surface area contributed by atoms with Crippen molar-refractivity contribution in [2.75, 3.05) is 0 Å². The van der Waals surface area contributed by atoms with Crippen molar-refractivity contribution < 1.29 is 37.1 Å². The Morgan fingerprint density at radius 1 is 1.07 bits per heavy atom. The number of fused-ring (bicyclic) bond motifs is 1. The summed E-state index contributed by atoms with van der Waals surface area (Å²) in [4.78, 5) is 21.9. The van der Waals surface area contributed by atoms with Crippen LogP contribution in [-0.2, 0) is 16.5 Å². The molecule has 1 heterocycles. The summed E-state index contributed by atoms with van der Waals surface area (Å²) in [6, 6.07) is 7.52. The molecule has 0 radical (unpaired) electrons. The molecule has 0 saturated heterocycles. The highest BCUT2D eigenvalue weighted by Crippen LogP contribution is 2.42. The fourth-order valence-corrected chi connectivity index (χ4v) is 3.82. The van der Waals surface area contributed by atoms with E-state index in [0.717, 1.165) is 23.8 Å². The standard InChI is InChI=1S/C18H16O8S/c1-18(2)9-10-4-3-5-14(15(10)25-18)26-27(23,24)11-6-7-12(16(19)20)13(8-11)17(21)22/h3-8H,9H2,1-2H3,(H,19,20)(H,21,22). The maximum Gasteiger partial charge on any atom is 0.339 e. The van der Waals surface area contributed by atoms with E-state index in [9.17, 15) is 18.0 Å². The van der Waals surface area contributed by atoms with Crippen LogP contribution in [-0.4, -0.2) is 36.2 Å². The molecule has 0 atom stereocenters. The molecule has 0 saturated carbocycles. The molecule has 0 fully saturated rings. The third-order valence-corrected chi connectivity index (χ3v) is 5.23. The molecule has 0 spiro atoms. The smallest absolute Gasteiger partial charge is 0.339 e. The number of aromatic carboxylic acids is 2. The number of hydrogen-bond acceptors (Lipinski definition) is 6. The van der Waals surface area contributed by atoms with Crippen LogP contribution in [0.1, 0.15) is 40.1 Å². The normalized spacial score (nSPS) is 14.9. The van der Waals surface area contributed by atoms with Crippen molar-refractivity contribution in [3.8, 4) is 11.5 Å². The molecule has 9 heteroatoms. The van der Waals surface area contributed by atoms with Gasteiger partial charge in [0.05, 0.1) is 11.1 Å². The summed E-state index contributed by atoms with van der Waals surface area (Å²) in [6.45, 7) is 3.71. The molecular weight excluding hydrogens is 376 g/mol. The molecule has 27 heavy (non-hydrogen) atoms. The molecule has 0 aliphatic carbocycles. The van der Waals surface area contributed by atoms with Gasteiger partial charge in [-0.2, -0.15) is 8.42 Å². The van der Waals surface area contributed by atoms with Crippen LogP contribution in [0.3, 0.4) is 0 Å². The minimum absolute atomic E-state index is 0.0164. The van der Waals surface area contributed by atoms with E-state index in [0.29, 0.717) is 12.2 Å². The summed E-state index contributed by atoms with van der Waals surface area (Å²) in [5, 5.41) is 18.2. The van der Waals surface area contributed by atoms with Crippen LogP contribution in [0.25, 0.3) is 0 Å². The van der Waals surface area contributed by atoms with E-state index < -0.39 is 43.7 Å². The predicted octanol–water partition coefficient (Wildman–Crippen LogP) is 2.56. The number of rotatable bonds is 5. The molecule has 1 aliphatic heterocycles. The van der Waals surface area contributed by atoms with Gasteiger partial charge in [-0.1, -0.05) is 12.1 Å². The van der Waals surface area contributed by atoms with Gasteiger partial charge in [-0.15, -0.1) is 0 Å². The minimum Gasteiger partial charge on any atom is -0.483 e. The van der Waals surface area contributed by atoms with Gasteiger partial charge >= 0.3 is 22.1 Å². The number of ether oxygens (including phenoxy) is 1. The Kier molecular flexibility index (Phi) is 4.35. The van der Waals surface area contributed by atoms with Gasteiger partial charge in [0.1, 0.15) is 10.5 Å². The van der Waals surface area contributed by atoms with Crippen molar-refractivity contribution in [3.05, 3.63) is 53.1 Å². The zero-order valence-electron chi connectivity index (χ0n) is 14.4. The number of carboxylic acid groups (broad SMARTS) is 2. The van der Waals surface area contributed by atoms with Crippen LogP contribution < -0.4 is 8.92 Å². The Bertz CT molecular complexity index is 1050. The van der Waals surface area contributed by atoms with Gasteiger partial charge < -0.3 is 19.1 Å². The Balaban J connectivity index is 2.00. The van der Waals surface area contributed by atoms with E-state index in [1.807, 2.05) is 13.8 Å². The average Bonchev–Trinajstić information content (AvgIpc) is 2.89. The Hall–Kier alpha value is -3.07. The van der Waals surface area contributed by atoms with Crippen molar-refractivity contribution in [1.29, 1.82) is 0 Å². The average molecular weight is 392 g/mol. The SMILES string of the molecule is CC1(C)Cc2cccc(OS(=O)(=O)c3ccc(C(=O)O)c(C(=O)O)c3)c2O1. The second-order valence-corrected chi connectivity index (χ2v) is 8.18. The number of para-hydroxylation sites is 1. The summed E-state index contributed by atoms with van der Waals surface area (Å²) in [5.41, 5.74) is -0.888. The monoisotopic (exact) mass is 392 g/mol. The lowest BCUT2D eigenvalue weighted by Gasteiger charge is -2.18. The Morgan fingerprint density at radius 2 is 1.74 bits per heavy atom. The fraction of sp³-hybridized carbons (Fsp3) is 0.222. The number of carbonyl (C=O) groups is 2. The van der Waals surface area contributed by atoms with Crippen LogP contribution in [0, 0.1) is 0 Å². The first-order valence-electron chi connectivity index (χ1n) is 7.86. The van der Waals surface area contributed by atoms with Crippen molar-refractivity contribution in [2.45, 2.75) is 30.8 Å². The van der Waals surface area contributed by atoms with Crippen LogP contribution in [0.5, 0.6) is 11.5 Å². The van der Waals surface area contributed by atoms with Gasteiger partial charge in [-0.3, -0.25) is 0 Å². The zero-order chi connectivity index (χ0) is 20.0. The van der Waals surface area contributed by atoms with Crippen LogP contribution in [0.15, 0.2) is 41.3 Å². The van der Waals surface area contributed by atoms with E-state index in [2.05, 4.69) is 0 Å². The highest BCUT2D eigenvalue weighted by Gasteiger charge is 2.34. The topological polar surface area (TPSA) is 127 Å². The quantitative estimate of drug-likeness (QED) is 0.743. The molecule has 1 aliphatic rings. The first-order valence-corrected chi connectivity index (χ1v) is 9.27. The largest absolute Gasteiger partial charge is 0.483 e. The predicted molar refractivity (Wildman–Crippen MR) is 93.0 cm³/mol. The van der Waals surface area contributed by atoms with Gasteiger partial charge in [0.25, 0.3) is 0 Å². The zero-order valence-corrected chi connectivity index (χ0v) is 15.2. The van der Waals surface area contributed by atoms with Crippen LogP contribution >= 0.6 is 0 Å². The Labute approximate surface area is 155 Å². The summed E-state index contributed by atoms with van der Waals surface area (Å²) in [5.74, 6) is -2.74. The summed E-state index contributed by atoms with van der Waals surface area (Å²) < 4.78 is 36.1. The summed E-state index contributed by atoms with van der Waals surface area (Å²) in [7, 11) is -4.41. The van der Waals surface area contributed by atoms with Gasteiger partial charge in [0.2, 0.25) is 0 Å². The van der Waals surface area contributed by atoms with E-state index >= 15 is 0 Å². The van der Waals surface area contributed by atoms with Gasteiger partial charge in [0, 0.05) is 12.0 Å². The fourth-order valence-electron chi connectivity index (χ4n) is 2.86. The number of benzene rings is 2. The second-order valence-electron chi connectivity index (χ2n) is 6.64. The molecule has 3 rings (SSSR count). The third-order valence-electron chi connectivity index (χ3n) is 3.99. The van der Waals surface area contributed by atoms with Crippen molar-refractivity contribution >= 4 is 22.1 Å². The van der Waals surface area contributed by atoms with Crippen molar-refractivity contribution in [3.63, 3.8) is 0 Å². The maximum absolute atomic E-state index is 12.6. The summed E-state index contributed by atoms with van der Waals surface area (Å²) >= 11 is 0. The highest BCUT2D eigenvalue weighted by atomic mass is 32.2. The molecule has 8 nitrogen and oxygen atoms in total. The van der Waals surface area contributed by atoms with E-state index in [1.54, 1.807) is 12.1 Å². The minimum atomic E-state index is -4.41. The lowest BCUT2D eigenvalue weighted by Crippen LogP contribution is -2.24. The molecule has 0 bridgehead atoms. The molecule has 142 valence electrons. The molecular formula is C18H16O8S. The molecule has 0 amide bonds. The summed E-state index contributed by atoms with van der Waals surface area (Å²) in [6.07, 6.45) is 0.579. The van der Waals surface area contributed by atoms with Gasteiger partial charge in [0.15, 0.2) is 11.5 Å². The van der Waals surface area contributed by atoms with Crippen LogP contribution in [0.2, 0.25) is 0 Å². The van der Waals surface area contributed by atoms with Crippen LogP contribution in [0.4, 0.5) is 0 Å². The van der Waals surface area contributed by atoms with E-state index in [-0.39, 0.29) is 5.75 Å². The molecule has 2 aromatic rings. The molecule has 2 N–H and O–H groups in total. The lowest BCUT2D eigenvalue weighted by atomic mass is 10.0. The molecule has 2 aromatic carbocycles. The molecule has 0 unspecified atom stereocenters. The van der Waals surface area contributed by atoms with Crippen molar-refractivity contribution in [2.24, 2.45) is 0 Å². The first kappa shape index (κ1) is 18.7. The maximum atomic E-state index is 12.6. The highest BCUT2D eigenvalue weighted by molar-refractivity contribution is 7.87. The van der Waals surface area contributed by atoms with Gasteiger partial charge in [-0.05, 0) is 38.1 Å². The number of hydrogen-bond donors (Lipinski definition) is 2. The third kappa shape index (κ3) is 3.59. The van der Waals surface area contributed by atoms with E-state index in [1.165, 1.54) is 6.07 Å². The van der Waals surface area contributed by atoms with E-state index in [4.69, 9.17) is 19.1 Å². The second kappa shape index (κ2) is 6.27.